The van der Waals surface area contributed by atoms with Gasteiger partial charge >= 0.3 is 5.69 Å². The third kappa shape index (κ3) is 5.12. The highest BCUT2D eigenvalue weighted by molar-refractivity contribution is 6.33. The average molecular weight is 537 g/mol. The van der Waals surface area contributed by atoms with Crippen LogP contribution in [0.15, 0.2) is 78.0 Å². The molecule has 1 aliphatic rings. The molecule has 1 unspecified atom stereocenters. The van der Waals surface area contributed by atoms with Crippen LogP contribution >= 0.6 is 23.2 Å². The van der Waals surface area contributed by atoms with E-state index in [2.05, 4.69) is 19.9 Å². The minimum Gasteiger partial charge on any atom is -0.367 e. The minimum atomic E-state index is -0.712. The molecule has 1 saturated heterocycles. The zero-order valence-electron chi connectivity index (χ0n) is 20.3. The first-order chi connectivity index (χ1) is 18.0. The number of halogens is 2. The molecule has 0 aliphatic carbocycles. The Morgan fingerprint density at radius 1 is 0.946 bits per heavy atom. The quantitative estimate of drug-likeness (QED) is 0.313. The monoisotopic (exact) mass is 536 g/mol. The molecule has 1 fully saturated rings. The number of nitrogens with zero attached hydrogens (tertiary/aromatic N) is 6. The molecule has 2 aromatic carbocycles. The largest absolute Gasteiger partial charge is 0.367 e. The molecule has 3 heterocycles. The lowest BCUT2D eigenvalue weighted by Crippen LogP contribution is -2.46. The van der Waals surface area contributed by atoms with Crippen LogP contribution in [0.3, 0.4) is 0 Å². The van der Waals surface area contributed by atoms with E-state index in [1.54, 1.807) is 30.5 Å². The zero-order valence-corrected chi connectivity index (χ0v) is 21.8. The molecule has 0 radical (unpaired) electrons. The number of ketones is 1. The van der Waals surface area contributed by atoms with E-state index >= 15 is 0 Å². The number of anilines is 2. The summed E-state index contributed by atoms with van der Waals surface area (Å²) in [5.74, 6) is 0.656. The van der Waals surface area contributed by atoms with E-state index in [9.17, 15) is 9.59 Å². The second kappa shape index (κ2) is 10.8. The molecule has 1 aliphatic heterocycles. The van der Waals surface area contributed by atoms with Crippen molar-refractivity contribution in [2.75, 3.05) is 36.0 Å². The SMILES string of the molecule is CCC(C(=O)c1ccc(Cl)cc1)n1ncn(-c2ccc(N3CCN(c4ccccc4Cl)CC3)nc2)c1=O. The summed E-state index contributed by atoms with van der Waals surface area (Å²) in [4.78, 5) is 35.3. The Balaban J connectivity index is 1.29. The summed E-state index contributed by atoms with van der Waals surface area (Å²) < 4.78 is 2.64. The molecule has 0 amide bonds. The van der Waals surface area contributed by atoms with Crippen molar-refractivity contribution in [1.82, 2.24) is 19.3 Å². The Bertz CT molecular complexity index is 1440. The summed E-state index contributed by atoms with van der Waals surface area (Å²) in [6.07, 6.45) is 3.51. The van der Waals surface area contributed by atoms with Gasteiger partial charge in [0, 0.05) is 36.8 Å². The fourth-order valence-corrected chi connectivity index (χ4v) is 4.96. The maximum atomic E-state index is 13.2. The van der Waals surface area contributed by atoms with Crippen molar-refractivity contribution in [3.8, 4) is 5.69 Å². The van der Waals surface area contributed by atoms with E-state index in [1.165, 1.54) is 15.6 Å². The first kappa shape index (κ1) is 25.0. The topological polar surface area (TPSA) is 76.3 Å². The van der Waals surface area contributed by atoms with Crippen molar-refractivity contribution < 1.29 is 4.79 Å². The van der Waals surface area contributed by atoms with Crippen LogP contribution in [-0.4, -0.2) is 51.3 Å². The third-order valence-corrected chi connectivity index (χ3v) is 7.19. The maximum Gasteiger partial charge on any atom is 0.351 e. The summed E-state index contributed by atoms with van der Waals surface area (Å²) in [5, 5.41) is 5.55. The van der Waals surface area contributed by atoms with Crippen LogP contribution in [-0.2, 0) is 0 Å². The molecule has 37 heavy (non-hydrogen) atoms. The summed E-state index contributed by atoms with van der Waals surface area (Å²) in [6.45, 7) is 5.13. The lowest BCUT2D eigenvalue weighted by atomic mass is 10.0. The summed E-state index contributed by atoms with van der Waals surface area (Å²) in [5.41, 5.74) is 1.72. The Morgan fingerprint density at radius 2 is 1.65 bits per heavy atom. The van der Waals surface area contributed by atoms with Gasteiger partial charge in [0.05, 0.1) is 22.6 Å². The molecular formula is C27H26Cl2N6O2. The summed E-state index contributed by atoms with van der Waals surface area (Å²) in [6, 6.07) is 17.5. The number of aromatic nitrogens is 4. The number of carbonyl (C=O) groups excluding carboxylic acids is 1. The molecule has 0 bridgehead atoms. The van der Waals surface area contributed by atoms with Crippen LogP contribution in [0.2, 0.25) is 10.0 Å². The van der Waals surface area contributed by atoms with E-state index in [1.807, 2.05) is 43.3 Å². The van der Waals surface area contributed by atoms with Gasteiger partial charge in [0.25, 0.3) is 0 Å². The summed E-state index contributed by atoms with van der Waals surface area (Å²) in [7, 11) is 0. The van der Waals surface area contributed by atoms with Crippen LogP contribution in [0.1, 0.15) is 29.7 Å². The van der Waals surface area contributed by atoms with Crippen LogP contribution in [0.25, 0.3) is 5.69 Å². The highest BCUT2D eigenvalue weighted by Gasteiger charge is 2.25. The molecule has 190 valence electrons. The van der Waals surface area contributed by atoms with Gasteiger partial charge in [0.15, 0.2) is 5.78 Å². The van der Waals surface area contributed by atoms with E-state index in [0.717, 1.165) is 42.7 Å². The third-order valence-electron chi connectivity index (χ3n) is 6.61. The average Bonchev–Trinajstić information content (AvgIpc) is 3.31. The van der Waals surface area contributed by atoms with Crippen molar-refractivity contribution >= 4 is 40.5 Å². The van der Waals surface area contributed by atoms with E-state index in [-0.39, 0.29) is 5.78 Å². The highest BCUT2D eigenvalue weighted by Crippen LogP contribution is 2.27. The normalized spacial score (nSPS) is 14.6. The van der Waals surface area contributed by atoms with Gasteiger partial charge in [0.2, 0.25) is 0 Å². The molecular weight excluding hydrogens is 511 g/mol. The molecule has 1 atom stereocenters. The number of hydrogen-bond donors (Lipinski definition) is 0. The van der Waals surface area contributed by atoms with Gasteiger partial charge < -0.3 is 9.80 Å². The molecule has 0 saturated carbocycles. The van der Waals surface area contributed by atoms with Crippen LogP contribution < -0.4 is 15.5 Å². The molecule has 2 aromatic heterocycles. The smallest absolute Gasteiger partial charge is 0.351 e. The second-order valence-electron chi connectivity index (χ2n) is 8.82. The van der Waals surface area contributed by atoms with Gasteiger partial charge in [-0.1, -0.05) is 42.3 Å². The van der Waals surface area contributed by atoms with Crippen molar-refractivity contribution in [3.05, 3.63) is 99.3 Å². The fraction of sp³-hybridized carbons (Fsp3) is 0.259. The first-order valence-corrected chi connectivity index (χ1v) is 12.9. The number of piperazine rings is 1. The number of pyridine rings is 1. The van der Waals surface area contributed by atoms with Crippen molar-refractivity contribution in [1.29, 1.82) is 0 Å². The predicted molar refractivity (Wildman–Crippen MR) is 147 cm³/mol. The Hall–Kier alpha value is -3.62. The van der Waals surface area contributed by atoms with Gasteiger partial charge in [-0.2, -0.15) is 5.10 Å². The molecule has 0 spiro atoms. The van der Waals surface area contributed by atoms with E-state index in [4.69, 9.17) is 23.2 Å². The van der Waals surface area contributed by atoms with Gasteiger partial charge in [-0.05, 0) is 55.0 Å². The number of para-hydroxylation sites is 1. The van der Waals surface area contributed by atoms with Crippen molar-refractivity contribution in [2.45, 2.75) is 19.4 Å². The molecule has 8 nitrogen and oxygen atoms in total. The lowest BCUT2D eigenvalue weighted by Gasteiger charge is -2.37. The number of carbonyl (C=O) groups is 1. The Kier molecular flexibility index (Phi) is 7.30. The number of rotatable bonds is 7. The molecule has 0 N–H and O–H groups in total. The Morgan fingerprint density at radius 3 is 2.30 bits per heavy atom. The molecule has 4 aromatic rings. The molecule has 5 rings (SSSR count). The number of hydrogen-bond acceptors (Lipinski definition) is 6. The van der Waals surface area contributed by atoms with Gasteiger partial charge in [-0.25, -0.2) is 19.0 Å². The second-order valence-corrected chi connectivity index (χ2v) is 9.67. The number of Topliss-reactive ketones (excluding diaryl/α,β-unsaturated/α-hetero) is 1. The molecule has 10 heteroatoms. The van der Waals surface area contributed by atoms with E-state index < -0.39 is 11.7 Å². The van der Waals surface area contributed by atoms with Crippen LogP contribution in [0.4, 0.5) is 11.5 Å². The standard InChI is InChI=1S/C27H26Cl2N6O2/c1-2-23(26(36)19-7-9-20(28)10-8-19)35-27(37)34(18-31-35)21-11-12-25(30-17-21)33-15-13-32(14-16-33)24-6-4-3-5-22(24)29/h3-12,17-18,23H,2,13-16H2,1H3. The van der Waals surface area contributed by atoms with Crippen LogP contribution in [0, 0.1) is 0 Å². The maximum absolute atomic E-state index is 13.2. The van der Waals surface area contributed by atoms with E-state index in [0.29, 0.717) is 22.7 Å². The summed E-state index contributed by atoms with van der Waals surface area (Å²) >= 11 is 12.3. The minimum absolute atomic E-state index is 0.184. The lowest BCUT2D eigenvalue weighted by molar-refractivity contribution is 0.0911. The number of benzene rings is 2. The van der Waals surface area contributed by atoms with Gasteiger partial charge in [-0.3, -0.25) is 4.79 Å². The van der Waals surface area contributed by atoms with Crippen molar-refractivity contribution in [3.63, 3.8) is 0 Å². The highest BCUT2D eigenvalue weighted by atomic mass is 35.5. The first-order valence-electron chi connectivity index (χ1n) is 12.1. The predicted octanol–water partition coefficient (Wildman–Crippen LogP) is 4.90. The van der Waals surface area contributed by atoms with Crippen molar-refractivity contribution in [2.24, 2.45) is 0 Å². The Labute approximate surface area is 224 Å². The van der Waals surface area contributed by atoms with Gasteiger partial charge in [-0.15, -0.1) is 0 Å². The zero-order chi connectivity index (χ0) is 25.9. The van der Waals surface area contributed by atoms with Crippen LogP contribution in [0.5, 0.6) is 0 Å². The fourth-order valence-electron chi connectivity index (χ4n) is 4.58. The van der Waals surface area contributed by atoms with Gasteiger partial charge in [0.1, 0.15) is 18.2 Å².